The standard InChI is InChI=1S/C23H31N7O/c1-5-18(6-2)28-14-17(12-26-28)23-21-10-11-25-30(21)15-19(27-23)16(3)13-29(24-4)20-8-7-9-22(20)31/h10-15,18,20,22,31H,4-9H2,1-3H3/b16-13+/t20-,22-/m0/s1. The Morgan fingerprint density at radius 1 is 1.32 bits per heavy atom. The number of aliphatic hydroxyl groups is 1. The van der Waals surface area contributed by atoms with Gasteiger partial charge in [-0.3, -0.25) is 9.69 Å². The highest BCUT2D eigenvalue weighted by atomic mass is 16.3. The predicted molar refractivity (Wildman–Crippen MR) is 123 cm³/mol. The van der Waals surface area contributed by atoms with Crippen molar-refractivity contribution in [3.63, 3.8) is 0 Å². The summed E-state index contributed by atoms with van der Waals surface area (Å²) in [6.07, 6.45) is 13.9. The first-order valence-corrected chi connectivity index (χ1v) is 11.1. The van der Waals surface area contributed by atoms with Gasteiger partial charge in [0.05, 0.1) is 53.7 Å². The number of aliphatic hydroxyl groups excluding tert-OH is 1. The van der Waals surface area contributed by atoms with Crippen molar-refractivity contribution in [2.45, 2.75) is 71.1 Å². The van der Waals surface area contributed by atoms with Crippen molar-refractivity contribution in [3.05, 3.63) is 42.7 Å². The maximum atomic E-state index is 10.3. The van der Waals surface area contributed by atoms with Gasteiger partial charge in [0.25, 0.3) is 0 Å². The van der Waals surface area contributed by atoms with Crippen LogP contribution in [-0.4, -0.2) is 53.4 Å². The van der Waals surface area contributed by atoms with Crippen molar-refractivity contribution in [2.75, 3.05) is 0 Å². The molecular weight excluding hydrogens is 390 g/mol. The average molecular weight is 422 g/mol. The fourth-order valence-electron chi connectivity index (χ4n) is 4.39. The minimum Gasteiger partial charge on any atom is -0.391 e. The monoisotopic (exact) mass is 421 g/mol. The SMILES string of the molecule is C=NN(/C=C(\C)c1cn2nccc2c(-c2cnn(C(CC)CC)c2)n1)[C@H]1CCC[C@@H]1O. The maximum absolute atomic E-state index is 10.3. The molecule has 1 aliphatic carbocycles. The van der Waals surface area contributed by atoms with Crippen LogP contribution in [0.4, 0.5) is 0 Å². The first-order chi connectivity index (χ1) is 15.0. The summed E-state index contributed by atoms with van der Waals surface area (Å²) in [5.41, 5.74) is 4.47. The van der Waals surface area contributed by atoms with Crippen LogP contribution < -0.4 is 0 Å². The molecule has 3 heterocycles. The first-order valence-electron chi connectivity index (χ1n) is 11.1. The van der Waals surface area contributed by atoms with E-state index in [0.717, 1.165) is 60.1 Å². The van der Waals surface area contributed by atoms with Gasteiger partial charge in [-0.25, -0.2) is 9.50 Å². The molecule has 8 nitrogen and oxygen atoms in total. The van der Waals surface area contributed by atoms with E-state index >= 15 is 0 Å². The number of fused-ring (bicyclic) bond motifs is 1. The Labute approximate surface area is 182 Å². The smallest absolute Gasteiger partial charge is 0.0999 e. The molecule has 1 aliphatic rings. The van der Waals surface area contributed by atoms with Crippen LogP contribution in [0.2, 0.25) is 0 Å². The third kappa shape index (κ3) is 4.12. The van der Waals surface area contributed by atoms with Crippen molar-refractivity contribution in [2.24, 2.45) is 5.10 Å². The Balaban J connectivity index is 1.72. The van der Waals surface area contributed by atoms with Crippen LogP contribution in [0.1, 0.15) is 64.6 Å². The van der Waals surface area contributed by atoms with Crippen molar-refractivity contribution < 1.29 is 5.11 Å². The van der Waals surface area contributed by atoms with Crippen molar-refractivity contribution in [3.8, 4) is 11.3 Å². The molecule has 0 aromatic carbocycles. The highest BCUT2D eigenvalue weighted by Crippen LogP contribution is 2.29. The fraction of sp³-hybridized carbons (Fsp3) is 0.478. The minimum absolute atomic E-state index is 0.0430. The summed E-state index contributed by atoms with van der Waals surface area (Å²) in [6, 6.07) is 2.30. The van der Waals surface area contributed by atoms with Crippen LogP contribution in [0.3, 0.4) is 0 Å². The molecule has 0 amide bonds. The topological polar surface area (TPSA) is 83.8 Å². The number of aromatic nitrogens is 5. The Bertz CT molecular complexity index is 1080. The Morgan fingerprint density at radius 2 is 2.13 bits per heavy atom. The summed E-state index contributed by atoms with van der Waals surface area (Å²) < 4.78 is 3.88. The van der Waals surface area contributed by atoms with Gasteiger partial charge in [-0.1, -0.05) is 13.8 Å². The molecule has 1 N–H and O–H groups in total. The lowest BCUT2D eigenvalue weighted by Gasteiger charge is -2.25. The third-order valence-electron chi connectivity index (χ3n) is 6.26. The van der Waals surface area contributed by atoms with Gasteiger partial charge in [0, 0.05) is 24.7 Å². The van der Waals surface area contributed by atoms with Crippen molar-refractivity contribution in [1.29, 1.82) is 0 Å². The summed E-state index contributed by atoms with van der Waals surface area (Å²) in [5.74, 6) is 0. The molecule has 0 unspecified atom stereocenters. The molecule has 0 radical (unpaired) electrons. The van der Waals surface area contributed by atoms with Crippen LogP contribution in [0, 0.1) is 0 Å². The van der Waals surface area contributed by atoms with Gasteiger partial charge in [0.2, 0.25) is 0 Å². The zero-order valence-corrected chi connectivity index (χ0v) is 18.5. The molecule has 4 rings (SSSR count). The molecule has 0 spiro atoms. The molecule has 0 bridgehead atoms. The lowest BCUT2D eigenvalue weighted by atomic mass is 10.1. The highest BCUT2D eigenvalue weighted by Gasteiger charge is 2.29. The molecular formula is C23H31N7O. The molecule has 31 heavy (non-hydrogen) atoms. The van der Waals surface area contributed by atoms with Crippen LogP contribution in [0.5, 0.6) is 0 Å². The number of allylic oxidation sites excluding steroid dienone is 1. The lowest BCUT2D eigenvalue weighted by molar-refractivity contribution is 0.1000. The van der Waals surface area contributed by atoms with Gasteiger partial charge < -0.3 is 5.11 Å². The Morgan fingerprint density at radius 3 is 2.81 bits per heavy atom. The minimum atomic E-state index is -0.386. The van der Waals surface area contributed by atoms with E-state index in [0.29, 0.717) is 6.04 Å². The van der Waals surface area contributed by atoms with E-state index in [9.17, 15) is 5.11 Å². The van der Waals surface area contributed by atoms with Gasteiger partial charge in [0.15, 0.2) is 0 Å². The molecule has 3 aromatic heterocycles. The summed E-state index contributed by atoms with van der Waals surface area (Å²) in [5, 5.41) is 25.2. The van der Waals surface area contributed by atoms with Gasteiger partial charge in [0.1, 0.15) is 0 Å². The van der Waals surface area contributed by atoms with Crippen molar-refractivity contribution >= 4 is 17.8 Å². The molecule has 0 aliphatic heterocycles. The summed E-state index contributed by atoms with van der Waals surface area (Å²) in [7, 11) is 0. The van der Waals surface area contributed by atoms with E-state index in [1.807, 2.05) is 40.8 Å². The number of hydrogen-bond acceptors (Lipinski definition) is 6. The number of nitrogens with zero attached hydrogens (tertiary/aromatic N) is 7. The quantitative estimate of drug-likeness (QED) is 0.436. The number of hydrazone groups is 1. The normalized spacial score (nSPS) is 19.5. The third-order valence-corrected chi connectivity index (χ3v) is 6.26. The van der Waals surface area contributed by atoms with Gasteiger partial charge >= 0.3 is 0 Å². The van der Waals surface area contributed by atoms with Crippen LogP contribution in [0.15, 0.2) is 42.2 Å². The van der Waals surface area contributed by atoms with Crippen LogP contribution in [0.25, 0.3) is 22.3 Å². The highest BCUT2D eigenvalue weighted by molar-refractivity contribution is 5.77. The number of rotatable bonds is 8. The zero-order chi connectivity index (χ0) is 22.0. The van der Waals surface area contributed by atoms with E-state index in [2.05, 4.69) is 42.1 Å². The van der Waals surface area contributed by atoms with Gasteiger partial charge in [-0.15, -0.1) is 0 Å². The van der Waals surface area contributed by atoms with E-state index in [-0.39, 0.29) is 12.1 Å². The Kier molecular flexibility index (Phi) is 6.18. The molecule has 1 fully saturated rings. The summed E-state index contributed by atoms with van der Waals surface area (Å²) in [6.45, 7) is 10.1. The molecule has 8 heteroatoms. The predicted octanol–water partition coefficient (Wildman–Crippen LogP) is 4.15. The van der Waals surface area contributed by atoms with Gasteiger partial charge in [-0.05, 0) is 50.7 Å². The molecule has 1 saturated carbocycles. The lowest BCUT2D eigenvalue weighted by Crippen LogP contribution is -2.33. The zero-order valence-electron chi connectivity index (χ0n) is 18.5. The molecule has 0 saturated heterocycles. The maximum Gasteiger partial charge on any atom is 0.0999 e. The first kappa shape index (κ1) is 21.2. The van der Waals surface area contributed by atoms with E-state index in [1.165, 1.54) is 0 Å². The van der Waals surface area contributed by atoms with Crippen LogP contribution in [-0.2, 0) is 0 Å². The van der Waals surface area contributed by atoms with E-state index in [4.69, 9.17) is 4.98 Å². The van der Waals surface area contributed by atoms with E-state index < -0.39 is 0 Å². The Hall–Kier alpha value is -3.00. The summed E-state index contributed by atoms with van der Waals surface area (Å²) >= 11 is 0. The second-order valence-corrected chi connectivity index (χ2v) is 8.21. The number of hydrogen-bond donors (Lipinski definition) is 1. The van der Waals surface area contributed by atoms with Gasteiger partial charge in [-0.2, -0.15) is 15.3 Å². The van der Waals surface area contributed by atoms with Crippen LogP contribution >= 0.6 is 0 Å². The second kappa shape index (κ2) is 9.01. The molecule has 3 aromatic rings. The molecule has 2 atom stereocenters. The van der Waals surface area contributed by atoms with Crippen molar-refractivity contribution in [1.82, 2.24) is 29.4 Å². The average Bonchev–Trinajstić information content (AvgIpc) is 3.53. The second-order valence-electron chi connectivity index (χ2n) is 8.21. The largest absolute Gasteiger partial charge is 0.391 e. The van der Waals surface area contributed by atoms with E-state index in [1.54, 1.807) is 11.2 Å². The fourth-order valence-corrected chi connectivity index (χ4v) is 4.39. The molecule has 164 valence electrons. The summed E-state index contributed by atoms with van der Waals surface area (Å²) in [4.78, 5) is 4.97.